The average Bonchev–Trinajstić information content (AvgIpc) is 3.30. The Labute approximate surface area is 173 Å². The molecule has 3 aromatic rings. The van der Waals surface area contributed by atoms with Crippen LogP contribution in [0.1, 0.15) is 26.5 Å². The molecule has 8 nitrogen and oxygen atoms in total. The highest BCUT2D eigenvalue weighted by Gasteiger charge is 2.09. The van der Waals surface area contributed by atoms with Crippen molar-refractivity contribution >= 4 is 29.2 Å². The smallest absolute Gasteiger partial charge is 0.337 e. The molecular formula is C22H21N3O5. The van der Waals surface area contributed by atoms with Gasteiger partial charge in [-0.3, -0.25) is 9.59 Å². The van der Waals surface area contributed by atoms with Crippen molar-refractivity contribution < 1.29 is 23.5 Å². The van der Waals surface area contributed by atoms with Crippen molar-refractivity contribution in [2.45, 2.75) is 6.54 Å². The van der Waals surface area contributed by atoms with Crippen LogP contribution in [0.2, 0.25) is 0 Å². The largest absolute Gasteiger partial charge is 0.467 e. The Morgan fingerprint density at radius 1 is 0.933 bits per heavy atom. The van der Waals surface area contributed by atoms with Crippen molar-refractivity contribution in [3.63, 3.8) is 0 Å². The first-order valence-corrected chi connectivity index (χ1v) is 9.18. The summed E-state index contributed by atoms with van der Waals surface area (Å²) in [6.45, 7) is 0.302. The van der Waals surface area contributed by atoms with Crippen molar-refractivity contribution in [2.24, 2.45) is 0 Å². The number of carbonyl (C=O) groups excluding carboxylic acids is 3. The summed E-state index contributed by atoms with van der Waals surface area (Å²) in [4.78, 5) is 35.9. The molecule has 8 heteroatoms. The number of anilines is 2. The molecule has 0 spiro atoms. The number of carbonyl (C=O) groups is 3. The third-order valence-corrected chi connectivity index (χ3v) is 4.17. The lowest BCUT2D eigenvalue weighted by Crippen LogP contribution is -2.23. The molecule has 0 atom stereocenters. The number of esters is 1. The zero-order chi connectivity index (χ0) is 21.3. The van der Waals surface area contributed by atoms with E-state index in [0.717, 1.165) is 0 Å². The number of rotatable bonds is 8. The average molecular weight is 407 g/mol. The van der Waals surface area contributed by atoms with Crippen molar-refractivity contribution in [1.29, 1.82) is 0 Å². The van der Waals surface area contributed by atoms with E-state index < -0.39 is 5.97 Å². The van der Waals surface area contributed by atoms with Crippen molar-refractivity contribution in [3.8, 4) is 0 Å². The summed E-state index contributed by atoms with van der Waals surface area (Å²) in [7, 11) is 1.31. The second-order valence-electron chi connectivity index (χ2n) is 6.31. The second-order valence-corrected chi connectivity index (χ2v) is 6.31. The molecule has 0 aliphatic rings. The highest BCUT2D eigenvalue weighted by atomic mass is 16.5. The van der Waals surface area contributed by atoms with Gasteiger partial charge in [-0.2, -0.15) is 0 Å². The molecule has 0 saturated heterocycles. The van der Waals surface area contributed by atoms with Gasteiger partial charge >= 0.3 is 5.97 Å². The first-order chi connectivity index (χ1) is 14.5. The molecule has 0 aliphatic heterocycles. The van der Waals surface area contributed by atoms with E-state index in [1.165, 1.54) is 7.11 Å². The number of furan rings is 1. The van der Waals surface area contributed by atoms with Gasteiger partial charge < -0.3 is 25.1 Å². The molecule has 3 N–H and O–H groups in total. The van der Waals surface area contributed by atoms with E-state index >= 15 is 0 Å². The first kappa shape index (κ1) is 20.7. The van der Waals surface area contributed by atoms with Crippen molar-refractivity contribution in [2.75, 3.05) is 24.3 Å². The van der Waals surface area contributed by atoms with Gasteiger partial charge in [0.15, 0.2) is 0 Å². The Kier molecular flexibility index (Phi) is 6.83. The number of hydrogen-bond acceptors (Lipinski definition) is 6. The van der Waals surface area contributed by atoms with Crippen LogP contribution >= 0.6 is 0 Å². The maximum atomic E-state index is 12.3. The molecule has 0 radical (unpaired) electrons. The van der Waals surface area contributed by atoms with Crippen molar-refractivity contribution in [1.82, 2.24) is 5.32 Å². The highest BCUT2D eigenvalue weighted by Crippen LogP contribution is 2.12. The fraction of sp³-hybridized carbons (Fsp3) is 0.136. The predicted molar refractivity (Wildman–Crippen MR) is 111 cm³/mol. The molecule has 0 aliphatic carbocycles. The molecule has 0 saturated carbocycles. The summed E-state index contributed by atoms with van der Waals surface area (Å²) in [5.41, 5.74) is 2.05. The number of benzene rings is 2. The van der Waals surface area contributed by atoms with Crippen LogP contribution in [0.5, 0.6) is 0 Å². The number of hydrogen-bond donors (Lipinski definition) is 3. The lowest BCUT2D eigenvalue weighted by molar-refractivity contribution is -0.114. The summed E-state index contributed by atoms with van der Waals surface area (Å²) in [6.07, 6.45) is 1.55. The van der Waals surface area contributed by atoms with E-state index in [4.69, 9.17) is 4.42 Å². The van der Waals surface area contributed by atoms with Gasteiger partial charge in [0.25, 0.3) is 5.91 Å². The molecular weight excluding hydrogens is 386 g/mol. The SMILES string of the molecule is COC(=O)c1ccc(NC(=O)CNc2cccc(C(=O)NCc3ccco3)c2)cc1. The van der Waals surface area contributed by atoms with Gasteiger partial charge in [-0.15, -0.1) is 0 Å². The van der Waals surface area contributed by atoms with Gasteiger partial charge in [0, 0.05) is 16.9 Å². The van der Waals surface area contributed by atoms with Crippen LogP contribution in [0.15, 0.2) is 71.3 Å². The minimum absolute atomic E-state index is 0.0101. The van der Waals surface area contributed by atoms with E-state index in [0.29, 0.717) is 34.8 Å². The number of methoxy groups -OCH3 is 1. The molecule has 3 rings (SSSR count). The van der Waals surface area contributed by atoms with Crippen molar-refractivity contribution in [3.05, 3.63) is 83.8 Å². The quantitative estimate of drug-likeness (QED) is 0.495. The maximum absolute atomic E-state index is 12.3. The lowest BCUT2D eigenvalue weighted by Gasteiger charge is -2.10. The van der Waals surface area contributed by atoms with Crippen LogP contribution in [0, 0.1) is 0 Å². The van der Waals surface area contributed by atoms with E-state index in [2.05, 4.69) is 20.7 Å². The molecule has 154 valence electrons. The van der Waals surface area contributed by atoms with Crippen LogP contribution in [0.3, 0.4) is 0 Å². The fourth-order valence-electron chi connectivity index (χ4n) is 2.65. The summed E-state index contributed by atoms with van der Waals surface area (Å²) in [5, 5.41) is 8.48. The molecule has 2 amide bonds. The first-order valence-electron chi connectivity index (χ1n) is 9.18. The van der Waals surface area contributed by atoms with Crippen LogP contribution in [0.25, 0.3) is 0 Å². The third-order valence-electron chi connectivity index (χ3n) is 4.17. The predicted octanol–water partition coefficient (Wildman–Crippen LogP) is 3.05. The third kappa shape index (κ3) is 5.71. The topological polar surface area (TPSA) is 110 Å². The van der Waals surface area contributed by atoms with Gasteiger partial charge in [-0.05, 0) is 54.6 Å². The summed E-state index contributed by atoms with van der Waals surface area (Å²) in [6, 6.07) is 16.8. The zero-order valence-corrected chi connectivity index (χ0v) is 16.3. The molecule has 2 aromatic carbocycles. The van der Waals surface area contributed by atoms with Crippen LogP contribution in [-0.2, 0) is 16.1 Å². The van der Waals surface area contributed by atoms with Crippen LogP contribution in [-0.4, -0.2) is 31.4 Å². The highest BCUT2D eigenvalue weighted by molar-refractivity contribution is 5.96. The minimum atomic E-state index is -0.442. The molecule has 0 unspecified atom stereocenters. The summed E-state index contributed by atoms with van der Waals surface area (Å²) in [5.74, 6) is -0.296. The van der Waals surface area contributed by atoms with Crippen LogP contribution in [0.4, 0.5) is 11.4 Å². The molecule has 1 aromatic heterocycles. The van der Waals surface area contributed by atoms with E-state index in [-0.39, 0.29) is 18.4 Å². The summed E-state index contributed by atoms with van der Waals surface area (Å²) >= 11 is 0. The molecule has 1 heterocycles. The Morgan fingerprint density at radius 3 is 2.43 bits per heavy atom. The zero-order valence-electron chi connectivity index (χ0n) is 16.3. The van der Waals surface area contributed by atoms with Crippen LogP contribution < -0.4 is 16.0 Å². The van der Waals surface area contributed by atoms with Gasteiger partial charge in [0.2, 0.25) is 5.91 Å². The number of amides is 2. The second kappa shape index (κ2) is 9.92. The van der Waals surface area contributed by atoms with Gasteiger partial charge in [0.1, 0.15) is 5.76 Å². The summed E-state index contributed by atoms with van der Waals surface area (Å²) < 4.78 is 9.82. The lowest BCUT2D eigenvalue weighted by atomic mass is 10.2. The minimum Gasteiger partial charge on any atom is -0.467 e. The maximum Gasteiger partial charge on any atom is 0.337 e. The van der Waals surface area contributed by atoms with E-state index in [1.54, 1.807) is 66.9 Å². The molecule has 0 fully saturated rings. The van der Waals surface area contributed by atoms with Gasteiger partial charge in [-0.25, -0.2) is 4.79 Å². The van der Waals surface area contributed by atoms with Gasteiger partial charge in [0.05, 0.1) is 32.0 Å². The van der Waals surface area contributed by atoms with E-state index in [1.807, 2.05) is 0 Å². The fourth-order valence-corrected chi connectivity index (χ4v) is 2.65. The standard InChI is InChI=1S/C22H21N3O5/c1-29-22(28)15-7-9-17(10-8-15)25-20(26)14-23-18-5-2-4-16(12-18)21(27)24-13-19-6-3-11-30-19/h2-12,23H,13-14H2,1H3,(H,24,27)(H,25,26). The number of ether oxygens (including phenoxy) is 1. The normalized spacial score (nSPS) is 10.2. The Balaban J connectivity index is 1.50. The molecule has 0 bridgehead atoms. The van der Waals surface area contributed by atoms with E-state index in [9.17, 15) is 14.4 Å². The Bertz CT molecular complexity index is 1010. The molecule has 30 heavy (non-hydrogen) atoms. The Morgan fingerprint density at radius 2 is 1.73 bits per heavy atom. The number of nitrogens with one attached hydrogen (secondary N) is 3. The monoisotopic (exact) mass is 407 g/mol. The Hall–Kier alpha value is -4.07. The van der Waals surface area contributed by atoms with Gasteiger partial charge in [-0.1, -0.05) is 6.07 Å².